The largest absolute Gasteiger partial charge is 0.458 e. The first-order chi connectivity index (χ1) is 10.2. The molecule has 124 valence electrons. The SMILES string of the molecule is C=CCOC(=O)C=C.CCCCCCCCCCCCS. The van der Waals surface area contributed by atoms with Gasteiger partial charge in [-0.15, -0.1) is 0 Å². The molecular weight excluding hydrogens is 280 g/mol. The van der Waals surface area contributed by atoms with E-state index in [1.807, 2.05) is 0 Å². The summed E-state index contributed by atoms with van der Waals surface area (Å²) in [4.78, 5) is 10.2. The summed E-state index contributed by atoms with van der Waals surface area (Å²) >= 11 is 4.20. The van der Waals surface area contributed by atoms with E-state index in [0.717, 1.165) is 11.8 Å². The van der Waals surface area contributed by atoms with Gasteiger partial charge in [-0.1, -0.05) is 83.9 Å². The Morgan fingerprint density at radius 2 is 1.43 bits per heavy atom. The second-order valence-electron chi connectivity index (χ2n) is 5.03. The van der Waals surface area contributed by atoms with E-state index in [-0.39, 0.29) is 6.61 Å². The monoisotopic (exact) mass is 314 g/mol. The predicted molar refractivity (Wildman–Crippen MR) is 97.1 cm³/mol. The predicted octanol–water partition coefficient (Wildman–Crippen LogP) is 5.74. The molecule has 0 bridgehead atoms. The Morgan fingerprint density at radius 3 is 1.81 bits per heavy atom. The number of carbonyl (C=O) groups excluding carboxylic acids is 1. The molecule has 0 aliphatic heterocycles. The summed E-state index contributed by atoms with van der Waals surface area (Å²) in [5, 5.41) is 0. The van der Waals surface area contributed by atoms with Crippen molar-refractivity contribution in [3.05, 3.63) is 25.3 Å². The first-order valence-electron chi connectivity index (χ1n) is 8.23. The van der Waals surface area contributed by atoms with E-state index < -0.39 is 5.97 Å². The third kappa shape index (κ3) is 24.7. The van der Waals surface area contributed by atoms with Crippen molar-refractivity contribution in [1.82, 2.24) is 0 Å². The molecule has 0 spiro atoms. The van der Waals surface area contributed by atoms with E-state index >= 15 is 0 Å². The van der Waals surface area contributed by atoms with Crippen molar-refractivity contribution >= 4 is 18.6 Å². The van der Waals surface area contributed by atoms with Crippen molar-refractivity contribution in [2.45, 2.75) is 71.1 Å². The van der Waals surface area contributed by atoms with Crippen molar-refractivity contribution in [2.24, 2.45) is 0 Å². The van der Waals surface area contributed by atoms with Gasteiger partial charge in [-0.3, -0.25) is 0 Å². The molecular formula is C18H34O2S. The van der Waals surface area contributed by atoms with Crippen molar-refractivity contribution in [3.63, 3.8) is 0 Å². The van der Waals surface area contributed by atoms with Crippen LogP contribution < -0.4 is 0 Å². The van der Waals surface area contributed by atoms with Crippen LogP contribution in [-0.2, 0) is 9.53 Å². The third-order valence-corrected chi connectivity index (χ3v) is 3.34. The lowest BCUT2D eigenvalue weighted by Gasteiger charge is -2.00. The minimum atomic E-state index is -0.412. The summed E-state index contributed by atoms with van der Waals surface area (Å²) in [6, 6.07) is 0. The second kappa shape index (κ2) is 21.6. The number of unbranched alkanes of at least 4 members (excludes halogenated alkanes) is 9. The average molecular weight is 315 g/mol. The molecule has 0 radical (unpaired) electrons. The molecule has 0 aliphatic carbocycles. The highest BCUT2D eigenvalue weighted by Gasteiger charge is 1.91. The Balaban J connectivity index is 0. The number of hydrogen-bond donors (Lipinski definition) is 1. The topological polar surface area (TPSA) is 26.3 Å². The van der Waals surface area contributed by atoms with Crippen LogP contribution in [0.3, 0.4) is 0 Å². The van der Waals surface area contributed by atoms with E-state index in [1.54, 1.807) is 0 Å². The fourth-order valence-electron chi connectivity index (χ4n) is 1.80. The van der Waals surface area contributed by atoms with Gasteiger partial charge in [-0.2, -0.15) is 12.6 Å². The summed E-state index contributed by atoms with van der Waals surface area (Å²) < 4.78 is 4.47. The first-order valence-corrected chi connectivity index (χ1v) is 8.87. The lowest BCUT2D eigenvalue weighted by molar-refractivity contribution is -0.136. The maximum Gasteiger partial charge on any atom is 0.330 e. The van der Waals surface area contributed by atoms with Crippen molar-refractivity contribution in [3.8, 4) is 0 Å². The molecule has 0 fully saturated rings. The van der Waals surface area contributed by atoms with Crippen LogP contribution in [0.1, 0.15) is 71.1 Å². The molecule has 21 heavy (non-hydrogen) atoms. The normalized spacial score (nSPS) is 9.43. The van der Waals surface area contributed by atoms with Crippen molar-refractivity contribution in [1.29, 1.82) is 0 Å². The van der Waals surface area contributed by atoms with Crippen LogP contribution in [0.5, 0.6) is 0 Å². The van der Waals surface area contributed by atoms with Crippen LogP contribution in [0.15, 0.2) is 25.3 Å². The van der Waals surface area contributed by atoms with Crippen LogP contribution in [0.2, 0.25) is 0 Å². The molecule has 0 rings (SSSR count). The number of thiol groups is 1. The van der Waals surface area contributed by atoms with Gasteiger partial charge in [-0.05, 0) is 12.2 Å². The number of carbonyl (C=O) groups is 1. The lowest BCUT2D eigenvalue weighted by Crippen LogP contribution is -1.98. The molecule has 0 aromatic carbocycles. The van der Waals surface area contributed by atoms with Gasteiger partial charge in [0.1, 0.15) is 6.61 Å². The van der Waals surface area contributed by atoms with Crippen LogP contribution in [0.25, 0.3) is 0 Å². The Kier molecular flexibility index (Phi) is 23.2. The highest BCUT2D eigenvalue weighted by atomic mass is 32.1. The van der Waals surface area contributed by atoms with E-state index in [9.17, 15) is 4.79 Å². The minimum Gasteiger partial charge on any atom is -0.458 e. The maximum absolute atomic E-state index is 10.2. The van der Waals surface area contributed by atoms with E-state index in [1.165, 1.54) is 70.3 Å². The van der Waals surface area contributed by atoms with Gasteiger partial charge in [0.2, 0.25) is 0 Å². The van der Waals surface area contributed by atoms with Gasteiger partial charge in [0.05, 0.1) is 0 Å². The zero-order valence-corrected chi connectivity index (χ0v) is 14.7. The Hall–Kier alpha value is -0.700. The summed E-state index contributed by atoms with van der Waals surface area (Å²) in [6.07, 6.45) is 16.8. The van der Waals surface area contributed by atoms with Gasteiger partial charge >= 0.3 is 5.97 Å². The van der Waals surface area contributed by atoms with Crippen LogP contribution in [0.4, 0.5) is 0 Å². The average Bonchev–Trinajstić information content (AvgIpc) is 2.51. The summed E-state index contributed by atoms with van der Waals surface area (Å²) in [7, 11) is 0. The standard InChI is InChI=1S/C12H26S.C6H8O2/c1-2-3-4-5-6-7-8-9-10-11-12-13;1-3-5-8-6(7)4-2/h13H,2-12H2,1H3;3-4H,1-2,5H2. The lowest BCUT2D eigenvalue weighted by atomic mass is 10.1. The van der Waals surface area contributed by atoms with Crippen molar-refractivity contribution in [2.75, 3.05) is 12.4 Å². The minimum absolute atomic E-state index is 0.255. The fraction of sp³-hybridized carbons (Fsp3) is 0.722. The smallest absolute Gasteiger partial charge is 0.330 e. The van der Waals surface area contributed by atoms with Gasteiger partial charge in [0.25, 0.3) is 0 Å². The Bertz CT molecular complexity index is 229. The molecule has 0 aromatic rings. The van der Waals surface area contributed by atoms with Gasteiger partial charge < -0.3 is 4.74 Å². The summed E-state index contributed by atoms with van der Waals surface area (Å²) in [6.45, 7) is 9.09. The van der Waals surface area contributed by atoms with Crippen LogP contribution >= 0.6 is 12.6 Å². The number of rotatable bonds is 13. The number of hydrogen-bond acceptors (Lipinski definition) is 3. The molecule has 0 N–H and O–H groups in total. The van der Waals surface area contributed by atoms with E-state index in [4.69, 9.17) is 0 Å². The van der Waals surface area contributed by atoms with Gasteiger partial charge in [0.15, 0.2) is 0 Å². The molecule has 0 amide bonds. The molecule has 0 atom stereocenters. The third-order valence-electron chi connectivity index (χ3n) is 3.02. The Labute approximate surface area is 137 Å². The molecule has 3 heteroatoms. The quantitative estimate of drug-likeness (QED) is 0.154. The molecule has 0 unspecified atom stereocenters. The number of ether oxygens (including phenoxy) is 1. The van der Waals surface area contributed by atoms with Crippen LogP contribution in [-0.4, -0.2) is 18.3 Å². The summed E-state index contributed by atoms with van der Waals surface area (Å²) in [5.74, 6) is 0.654. The molecule has 0 saturated heterocycles. The maximum atomic E-state index is 10.2. The molecule has 0 saturated carbocycles. The fourth-order valence-corrected chi connectivity index (χ4v) is 2.02. The first kappa shape index (κ1) is 22.6. The van der Waals surface area contributed by atoms with Gasteiger partial charge in [-0.25, -0.2) is 4.79 Å². The Morgan fingerprint density at radius 1 is 0.952 bits per heavy atom. The zero-order valence-electron chi connectivity index (χ0n) is 13.8. The van der Waals surface area contributed by atoms with Crippen molar-refractivity contribution < 1.29 is 9.53 Å². The zero-order chi connectivity index (χ0) is 16.2. The molecule has 2 nitrogen and oxygen atoms in total. The summed E-state index contributed by atoms with van der Waals surface area (Å²) in [5.41, 5.74) is 0. The van der Waals surface area contributed by atoms with Crippen LogP contribution in [0, 0.1) is 0 Å². The number of esters is 1. The molecule has 0 aromatic heterocycles. The highest BCUT2D eigenvalue weighted by Crippen LogP contribution is 2.10. The molecule has 0 heterocycles. The van der Waals surface area contributed by atoms with E-state index in [0.29, 0.717) is 0 Å². The second-order valence-corrected chi connectivity index (χ2v) is 5.48. The van der Waals surface area contributed by atoms with Gasteiger partial charge in [0, 0.05) is 6.08 Å². The molecule has 0 aliphatic rings. The highest BCUT2D eigenvalue weighted by molar-refractivity contribution is 7.80. The van der Waals surface area contributed by atoms with E-state index in [2.05, 4.69) is 37.4 Å².